The van der Waals surface area contributed by atoms with E-state index in [1.54, 1.807) is 0 Å². The molecule has 1 aromatic carbocycles. The van der Waals surface area contributed by atoms with Crippen LogP contribution in [0.4, 0.5) is 8.78 Å². The third-order valence-corrected chi connectivity index (χ3v) is 3.12. The molecule has 0 saturated heterocycles. The zero-order valence-electron chi connectivity index (χ0n) is 9.90. The molecule has 0 amide bonds. The Labute approximate surface area is 104 Å². The zero-order chi connectivity index (χ0) is 13.0. The Hall–Kier alpha value is -1.49. The van der Waals surface area contributed by atoms with Gasteiger partial charge < -0.3 is 9.94 Å². The summed E-state index contributed by atoms with van der Waals surface area (Å²) in [5.74, 6) is -1.70. The summed E-state index contributed by atoms with van der Waals surface area (Å²) in [6.45, 7) is 0.271. The van der Waals surface area contributed by atoms with Crippen molar-refractivity contribution in [1.29, 1.82) is 0 Å². The van der Waals surface area contributed by atoms with E-state index in [1.165, 1.54) is 6.07 Å². The van der Waals surface area contributed by atoms with E-state index in [2.05, 4.69) is 5.16 Å². The lowest BCUT2D eigenvalue weighted by atomic mass is 9.96. The highest BCUT2D eigenvalue weighted by Crippen LogP contribution is 2.20. The fourth-order valence-corrected chi connectivity index (χ4v) is 2.03. The average molecular weight is 255 g/mol. The summed E-state index contributed by atoms with van der Waals surface area (Å²) in [5, 5.41) is 11.8. The molecular formula is C13H15F2NO2. The van der Waals surface area contributed by atoms with Crippen molar-refractivity contribution in [3.8, 4) is 0 Å². The van der Waals surface area contributed by atoms with Crippen molar-refractivity contribution in [2.45, 2.75) is 38.4 Å². The van der Waals surface area contributed by atoms with Gasteiger partial charge in [-0.1, -0.05) is 11.2 Å². The Balaban J connectivity index is 1.83. The molecule has 1 aromatic rings. The van der Waals surface area contributed by atoms with E-state index in [4.69, 9.17) is 9.94 Å². The van der Waals surface area contributed by atoms with Crippen LogP contribution >= 0.6 is 0 Å². The van der Waals surface area contributed by atoms with Crippen LogP contribution in [-0.2, 0) is 11.3 Å². The summed E-state index contributed by atoms with van der Waals surface area (Å²) in [6.07, 6.45) is 3.12. The van der Waals surface area contributed by atoms with Crippen LogP contribution in [0.15, 0.2) is 23.4 Å². The van der Waals surface area contributed by atoms with Crippen molar-refractivity contribution in [2.75, 3.05) is 0 Å². The fraction of sp³-hybridized carbons (Fsp3) is 0.462. The molecule has 1 saturated carbocycles. The molecule has 5 heteroatoms. The summed E-state index contributed by atoms with van der Waals surface area (Å²) in [7, 11) is 0. The largest absolute Gasteiger partial charge is 0.411 e. The van der Waals surface area contributed by atoms with E-state index in [1.807, 2.05) is 0 Å². The van der Waals surface area contributed by atoms with Crippen molar-refractivity contribution in [2.24, 2.45) is 5.16 Å². The van der Waals surface area contributed by atoms with E-state index in [-0.39, 0.29) is 12.7 Å². The van der Waals surface area contributed by atoms with Gasteiger partial charge in [-0.2, -0.15) is 0 Å². The number of hydrogen-bond acceptors (Lipinski definition) is 3. The van der Waals surface area contributed by atoms with E-state index in [9.17, 15) is 8.78 Å². The van der Waals surface area contributed by atoms with Gasteiger partial charge in [0.15, 0.2) is 11.6 Å². The summed E-state index contributed by atoms with van der Waals surface area (Å²) in [4.78, 5) is 0. The lowest BCUT2D eigenvalue weighted by Gasteiger charge is -2.22. The third-order valence-electron chi connectivity index (χ3n) is 3.12. The molecule has 1 aliphatic rings. The molecule has 0 bridgehead atoms. The Morgan fingerprint density at radius 2 is 1.94 bits per heavy atom. The number of hydrogen-bond donors (Lipinski definition) is 1. The van der Waals surface area contributed by atoms with Gasteiger partial charge in [-0.15, -0.1) is 0 Å². The van der Waals surface area contributed by atoms with Crippen LogP contribution in [0.1, 0.15) is 31.2 Å². The maximum absolute atomic E-state index is 13.0. The Bertz CT molecular complexity index is 439. The van der Waals surface area contributed by atoms with Crippen molar-refractivity contribution in [3.05, 3.63) is 35.4 Å². The first-order valence-electron chi connectivity index (χ1n) is 5.94. The van der Waals surface area contributed by atoms with Gasteiger partial charge in [0.2, 0.25) is 0 Å². The molecule has 0 atom stereocenters. The molecule has 0 heterocycles. The molecule has 1 fully saturated rings. The number of rotatable bonds is 3. The van der Waals surface area contributed by atoms with Crippen molar-refractivity contribution >= 4 is 5.71 Å². The molecule has 0 aliphatic heterocycles. The maximum Gasteiger partial charge on any atom is 0.159 e. The molecule has 1 aliphatic carbocycles. The van der Waals surface area contributed by atoms with Gasteiger partial charge in [0, 0.05) is 0 Å². The van der Waals surface area contributed by atoms with Gasteiger partial charge in [0.05, 0.1) is 18.4 Å². The van der Waals surface area contributed by atoms with Crippen LogP contribution in [0.3, 0.4) is 0 Å². The Morgan fingerprint density at radius 1 is 1.22 bits per heavy atom. The summed E-state index contributed by atoms with van der Waals surface area (Å²) < 4.78 is 31.3. The molecule has 98 valence electrons. The van der Waals surface area contributed by atoms with Gasteiger partial charge in [-0.05, 0) is 43.4 Å². The first-order valence-corrected chi connectivity index (χ1v) is 5.94. The second kappa shape index (κ2) is 5.91. The van der Waals surface area contributed by atoms with Gasteiger partial charge >= 0.3 is 0 Å². The molecule has 3 nitrogen and oxygen atoms in total. The Kier molecular flexibility index (Phi) is 4.25. The monoisotopic (exact) mass is 255 g/mol. The number of benzene rings is 1. The standard InChI is InChI=1S/C13H15F2NO2/c14-12-6-1-9(7-13(12)15)8-18-11-4-2-10(16-17)3-5-11/h1,6-7,11,17H,2-5,8H2. The highest BCUT2D eigenvalue weighted by molar-refractivity contribution is 5.84. The van der Waals surface area contributed by atoms with E-state index in [0.717, 1.165) is 43.5 Å². The molecule has 0 aromatic heterocycles. The number of oxime groups is 1. The second-order valence-electron chi connectivity index (χ2n) is 4.43. The first kappa shape index (κ1) is 13.0. The molecule has 18 heavy (non-hydrogen) atoms. The minimum atomic E-state index is -0.852. The summed E-state index contributed by atoms with van der Waals surface area (Å²) in [6, 6.07) is 3.77. The maximum atomic E-state index is 13.0. The smallest absolute Gasteiger partial charge is 0.159 e. The number of nitrogens with zero attached hydrogens (tertiary/aromatic N) is 1. The SMILES string of the molecule is ON=C1CCC(OCc2ccc(F)c(F)c2)CC1. The summed E-state index contributed by atoms with van der Waals surface area (Å²) >= 11 is 0. The van der Waals surface area contributed by atoms with Crippen LogP contribution in [0.2, 0.25) is 0 Å². The van der Waals surface area contributed by atoms with Crippen LogP contribution in [0.5, 0.6) is 0 Å². The van der Waals surface area contributed by atoms with Gasteiger partial charge in [0.25, 0.3) is 0 Å². The van der Waals surface area contributed by atoms with Crippen molar-refractivity contribution in [1.82, 2.24) is 0 Å². The van der Waals surface area contributed by atoms with Crippen molar-refractivity contribution in [3.63, 3.8) is 0 Å². The average Bonchev–Trinajstić information content (AvgIpc) is 2.41. The number of halogens is 2. The van der Waals surface area contributed by atoms with Crippen LogP contribution < -0.4 is 0 Å². The van der Waals surface area contributed by atoms with Crippen LogP contribution in [0.25, 0.3) is 0 Å². The van der Waals surface area contributed by atoms with E-state index < -0.39 is 11.6 Å². The predicted octanol–water partition coefficient (Wildman–Crippen LogP) is 3.25. The zero-order valence-corrected chi connectivity index (χ0v) is 9.90. The van der Waals surface area contributed by atoms with Gasteiger partial charge in [-0.25, -0.2) is 8.78 Å². The van der Waals surface area contributed by atoms with Crippen LogP contribution in [-0.4, -0.2) is 17.0 Å². The molecule has 0 radical (unpaired) electrons. The lowest BCUT2D eigenvalue weighted by molar-refractivity contribution is 0.0275. The third kappa shape index (κ3) is 3.26. The van der Waals surface area contributed by atoms with Gasteiger partial charge in [-0.3, -0.25) is 0 Å². The minimum absolute atomic E-state index is 0.0867. The number of ether oxygens (including phenoxy) is 1. The fourth-order valence-electron chi connectivity index (χ4n) is 2.03. The normalized spacial score (nSPS) is 19.9. The van der Waals surface area contributed by atoms with Crippen molar-refractivity contribution < 1.29 is 18.7 Å². The predicted molar refractivity (Wildman–Crippen MR) is 62.6 cm³/mol. The summed E-state index contributed by atoms with van der Waals surface area (Å²) in [5.41, 5.74) is 1.41. The molecule has 2 rings (SSSR count). The molecular weight excluding hydrogens is 240 g/mol. The highest BCUT2D eigenvalue weighted by atomic mass is 19.2. The quantitative estimate of drug-likeness (QED) is 0.665. The van der Waals surface area contributed by atoms with Gasteiger partial charge in [0.1, 0.15) is 0 Å². The first-order chi connectivity index (χ1) is 8.69. The van der Waals surface area contributed by atoms with E-state index in [0.29, 0.717) is 5.56 Å². The van der Waals surface area contributed by atoms with E-state index >= 15 is 0 Å². The second-order valence-corrected chi connectivity index (χ2v) is 4.43. The molecule has 0 unspecified atom stereocenters. The minimum Gasteiger partial charge on any atom is -0.411 e. The molecule has 1 N–H and O–H groups in total. The molecule has 0 spiro atoms. The highest BCUT2D eigenvalue weighted by Gasteiger charge is 2.18. The Morgan fingerprint density at radius 3 is 2.56 bits per heavy atom. The lowest BCUT2D eigenvalue weighted by Crippen LogP contribution is -2.21. The van der Waals surface area contributed by atoms with Crippen LogP contribution in [0, 0.1) is 11.6 Å². The topological polar surface area (TPSA) is 41.8 Å².